The summed E-state index contributed by atoms with van der Waals surface area (Å²) < 4.78 is 47.8. The molecule has 6 aromatic rings. The van der Waals surface area contributed by atoms with Crippen molar-refractivity contribution in [1.29, 1.82) is 0 Å². The summed E-state index contributed by atoms with van der Waals surface area (Å²) in [6, 6.07) is 19.2. The third-order valence-corrected chi connectivity index (χ3v) is 9.41. The van der Waals surface area contributed by atoms with Crippen molar-refractivity contribution >= 4 is 66.0 Å². The minimum Gasteiger partial charge on any atom is -0.871 e. The molecule has 0 bridgehead atoms. The quantitative estimate of drug-likeness (QED) is 0.162. The summed E-state index contributed by atoms with van der Waals surface area (Å²) in [5, 5.41) is 82.9. The maximum atomic E-state index is 12.5. The summed E-state index contributed by atoms with van der Waals surface area (Å²) in [5.74, 6) is -2.26. The molecule has 0 fully saturated rings. The zero-order chi connectivity index (χ0) is 39.5. The fourth-order valence-electron chi connectivity index (χ4n) is 4.50. The van der Waals surface area contributed by atoms with Crippen LogP contribution in [0.4, 0.5) is 22.7 Å². The number of benzene rings is 4. The van der Waals surface area contributed by atoms with Gasteiger partial charge in [-0.25, -0.2) is 36.5 Å². The summed E-state index contributed by atoms with van der Waals surface area (Å²) in [4.78, 5) is -0.575. The molecule has 56 heavy (non-hydrogen) atoms. The maximum Gasteiger partial charge on any atom is 3.00 e. The number of hydrogen-bond donors (Lipinski definition) is 2. The topological polar surface area (TPSA) is 298 Å². The predicted molar refractivity (Wildman–Crippen MR) is 188 cm³/mol. The van der Waals surface area contributed by atoms with Crippen LogP contribution in [0, 0.1) is 13.8 Å². The second kappa shape index (κ2) is 18.7. The molecule has 0 saturated heterocycles. The number of rotatable bonds is 8. The molecular formula is C32H24Cl2CoN10NaO8S2. The van der Waals surface area contributed by atoms with E-state index in [0.29, 0.717) is 21.4 Å². The molecule has 0 saturated carbocycles. The molecule has 0 radical (unpaired) electrons. The average molecular weight is 894 g/mol. The number of hydrogen-bond acceptors (Lipinski definition) is 14. The molecule has 0 aliphatic heterocycles. The molecule has 0 spiro atoms. The van der Waals surface area contributed by atoms with Gasteiger partial charge in [-0.3, -0.25) is 0 Å². The first kappa shape index (κ1) is 46.0. The molecule has 4 aromatic carbocycles. The van der Waals surface area contributed by atoms with E-state index in [1.807, 2.05) is 0 Å². The molecule has 24 heteroatoms. The van der Waals surface area contributed by atoms with Gasteiger partial charge < -0.3 is 20.4 Å². The van der Waals surface area contributed by atoms with Gasteiger partial charge in [0.1, 0.15) is 11.4 Å². The zero-order valence-electron chi connectivity index (χ0n) is 29.0. The predicted octanol–water partition coefficient (Wildman–Crippen LogP) is 1.09. The molecule has 0 aliphatic carbocycles. The van der Waals surface area contributed by atoms with E-state index in [1.54, 1.807) is 62.4 Å². The van der Waals surface area contributed by atoms with Crippen LogP contribution >= 0.6 is 23.2 Å². The Morgan fingerprint density at radius 3 is 1.27 bits per heavy atom. The first-order valence-corrected chi connectivity index (χ1v) is 18.7. The van der Waals surface area contributed by atoms with Gasteiger partial charge in [-0.15, -0.1) is 10.2 Å². The van der Waals surface area contributed by atoms with Gasteiger partial charge in [0.2, 0.25) is 20.0 Å². The van der Waals surface area contributed by atoms with Crippen LogP contribution in [0.5, 0.6) is 23.3 Å². The van der Waals surface area contributed by atoms with Crippen molar-refractivity contribution < 1.29 is 83.6 Å². The van der Waals surface area contributed by atoms with E-state index in [9.17, 15) is 37.3 Å². The molecule has 4 N–H and O–H groups in total. The standard InChI is InChI=1S/2C16H14ClN5O4S.Co.Na/c2*1-9-15(16(24)22(21-9)11-4-2-3-10(17)7-11)20-19-13-8-12(27(18,25)26)5-6-14(13)23;;/h2*2-8,23-24H,1H3,(H2,18,25,26);;/q;;+3;+1/p-4. The van der Waals surface area contributed by atoms with E-state index in [0.717, 1.165) is 45.8 Å². The molecule has 2 heterocycles. The number of aryl methyl sites for hydroxylation is 2. The van der Waals surface area contributed by atoms with Crippen molar-refractivity contribution in [2.75, 3.05) is 0 Å². The Labute approximate surface area is 361 Å². The van der Waals surface area contributed by atoms with Gasteiger partial charge in [0.05, 0.1) is 43.9 Å². The Morgan fingerprint density at radius 2 is 0.946 bits per heavy atom. The number of nitrogens with two attached hydrogens (primary N) is 2. The normalized spacial score (nSPS) is 11.5. The molecule has 6 rings (SSSR count). The Balaban J connectivity index is 0.000000290. The van der Waals surface area contributed by atoms with Crippen molar-refractivity contribution in [3.63, 3.8) is 0 Å². The van der Waals surface area contributed by atoms with Gasteiger partial charge in [0.15, 0.2) is 0 Å². The van der Waals surface area contributed by atoms with Gasteiger partial charge in [0, 0.05) is 21.8 Å². The summed E-state index contributed by atoms with van der Waals surface area (Å²) in [5.41, 5.74) is 0.727. The number of nitrogens with zero attached hydrogens (tertiary/aromatic N) is 8. The fourth-order valence-corrected chi connectivity index (χ4v) is 5.94. The smallest absolute Gasteiger partial charge is 0.871 e. The fraction of sp³-hybridized carbons (Fsp3) is 0.0625. The Bertz CT molecular complexity index is 2510. The molecule has 0 amide bonds. The van der Waals surface area contributed by atoms with Crippen molar-refractivity contribution in [2.45, 2.75) is 23.6 Å². The largest absolute Gasteiger partial charge is 3.00 e. The molecule has 18 nitrogen and oxygen atoms in total. The van der Waals surface area contributed by atoms with Crippen LogP contribution in [-0.2, 0) is 36.8 Å². The minimum absolute atomic E-state index is 0. The third kappa shape index (κ3) is 10.9. The zero-order valence-corrected chi connectivity index (χ0v) is 35.2. The summed E-state index contributed by atoms with van der Waals surface area (Å²) in [7, 11) is -8.02. The molecule has 0 atom stereocenters. The second-order valence-corrected chi connectivity index (χ2v) is 15.0. The van der Waals surface area contributed by atoms with Crippen LogP contribution in [0.1, 0.15) is 11.4 Å². The molecule has 2 aromatic heterocycles. The van der Waals surface area contributed by atoms with E-state index in [4.69, 9.17) is 33.5 Å². The van der Waals surface area contributed by atoms with Crippen LogP contribution in [0.2, 0.25) is 10.0 Å². The minimum atomic E-state index is -4.01. The molecule has 0 aliphatic rings. The van der Waals surface area contributed by atoms with Crippen molar-refractivity contribution in [3.8, 4) is 34.6 Å². The number of primary sulfonamides is 2. The monoisotopic (exact) mass is 892 g/mol. The summed E-state index contributed by atoms with van der Waals surface area (Å²) in [6.45, 7) is 3.10. The average Bonchev–Trinajstić information content (AvgIpc) is 3.55. The van der Waals surface area contributed by atoms with Crippen LogP contribution < -0.4 is 60.3 Å². The van der Waals surface area contributed by atoms with Gasteiger partial charge in [-0.2, -0.15) is 20.4 Å². The molecular weight excluding hydrogens is 869 g/mol. The molecule has 0 unspecified atom stereocenters. The summed E-state index contributed by atoms with van der Waals surface area (Å²) in [6.07, 6.45) is 0. The van der Waals surface area contributed by atoms with Crippen molar-refractivity contribution in [1.82, 2.24) is 19.6 Å². The van der Waals surface area contributed by atoms with E-state index in [1.165, 1.54) is 0 Å². The number of halogens is 2. The van der Waals surface area contributed by atoms with Gasteiger partial charge in [-0.05, 0) is 74.5 Å². The molecule has 286 valence electrons. The van der Waals surface area contributed by atoms with Crippen LogP contribution in [-0.4, -0.2) is 36.4 Å². The number of aromatic nitrogens is 4. The SMILES string of the molecule is Cc1nn(-c2cccc(Cl)c2)c([O-])c1N=Nc1cc(S(N)(=O)=O)ccc1[O-].Cc1nn(-c2cccc(Cl)c2)c([O-])c1N=Nc1cc(S(N)(=O)=O)ccc1[O-].[Co+3].[Na+]. The number of sulfonamides is 2. The van der Waals surface area contributed by atoms with E-state index >= 15 is 0 Å². The van der Waals surface area contributed by atoms with Crippen LogP contribution in [0.15, 0.2) is 115 Å². The van der Waals surface area contributed by atoms with Gasteiger partial charge >= 0.3 is 46.3 Å². The van der Waals surface area contributed by atoms with Gasteiger partial charge in [-0.1, -0.05) is 59.0 Å². The first-order chi connectivity index (χ1) is 25.3. The van der Waals surface area contributed by atoms with Crippen molar-refractivity contribution in [3.05, 3.63) is 106 Å². The van der Waals surface area contributed by atoms with Gasteiger partial charge in [0.25, 0.3) is 0 Å². The van der Waals surface area contributed by atoms with Crippen molar-refractivity contribution in [2.24, 2.45) is 30.7 Å². The summed E-state index contributed by atoms with van der Waals surface area (Å²) >= 11 is 11.8. The van der Waals surface area contributed by atoms with Crippen LogP contribution in [0.3, 0.4) is 0 Å². The van der Waals surface area contributed by atoms with E-state index in [-0.39, 0.29) is 90.3 Å². The first-order valence-electron chi connectivity index (χ1n) is 14.9. The van der Waals surface area contributed by atoms with E-state index < -0.39 is 43.3 Å². The third-order valence-electron chi connectivity index (χ3n) is 7.11. The van der Waals surface area contributed by atoms with E-state index in [2.05, 4.69) is 30.7 Å². The van der Waals surface area contributed by atoms with Crippen LogP contribution in [0.25, 0.3) is 11.4 Å². The Hall–Kier alpha value is -4.39. The second-order valence-electron chi connectivity index (χ2n) is 11.0. The Morgan fingerprint density at radius 1 is 0.589 bits per heavy atom. The maximum absolute atomic E-state index is 12.5. The Kier molecular flexibility index (Phi) is 15.4. The number of azo groups is 2.